The predicted molar refractivity (Wildman–Crippen MR) is 68.5 cm³/mol. The molecule has 1 aliphatic heterocycles. The van der Waals surface area contributed by atoms with Crippen molar-refractivity contribution in [2.45, 2.75) is 26.2 Å². The Kier molecular flexibility index (Phi) is 2.36. The van der Waals surface area contributed by atoms with Crippen molar-refractivity contribution in [3.05, 3.63) is 41.0 Å². The molecular formula is C15H19N. The van der Waals surface area contributed by atoms with Gasteiger partial charge in [-0.15, -0.1) is 0 Å². The second kappa shape index (κ2) is 3.74. The van der Waals surface area contributed by atoms with Crippen molar-refractivity contribution >= 4 is 5.57 Å². The molecule has 2 aliphatic rings. The number of likely N-dealkylation sites (tertiary alicyclic amines) is 1. The van der Waals surface area contributed by atoms with E-state index in [4.69, 9.17) is 0 Å². The Morgan fingerprint density at radius 3 is 2.94 bits per heavy atom. The van der Waals surface area contributed by atoms with Gasteiger partial charge in [-0.3, -0.25) is 0 Å². The third-order valence-electron chi connectivity index (χ3n) is 4.23. The van der Waals surface area contributed by atoms with Crippen LogP contribution in [0.2, 0.25) is 0 Å². The molecule has 1 aromatic carbocycles. The molecule has 1 aliphatic carbocycles. The maximum atomic E-state index is 2.57. The zero-order chi connectivity index (χ0) is 11.1. The standard InChI is InChI=1S/C15H19N/c1-3-16-9-8-13-11(2)12-6-4-5-7-14(12)15(13)10-16/h4-7,15H,3,8-10H2,1-2H3. The molecule has 0 spiro atoms. The fourth-order valence-corrected chi connectivity index (χ4v) is 3.25. The molecule has 0 radical (unpaired) electrons. The van der Waals surface area contributed by atoms with Crippen LogP contribution in [0.4, 0.5) is 0 Å². The number of benzene rings is 1. The Balaban J connectivity index is 2.03. The van der Waals surface area contributed by atoms with Crippen molar-refractivity contribution < 1.29 is 0 Å². The molecule has 0 saturated carbocycles. The van der Waals surface area contributed by atoms with Crippen LogP contribution in [0.3, 0.4) is 0 Å². The van der Waals surface area contributed by atoms with Gasteiger partial charge < -0.3 is 4.90 Å². The number of allylic oxidation sites excluding steroid dienone is 1. The second-order valence-corrected chi connectivity index (χ2v) is 4.93. The van der Waals surface area contributed by atoms with Gasteiger partial charge >= 0.3 is 0 Å². The van der Waals surface area contributed by atoms with Crippen molar-refractivity contribution in [3.63, 3.8) is 0 Å². The lowest BCUT2D eigenvalue weighted by Gasteiger charge is -2.32. The molecule has 16 heavy (non-hydrogen) atoms. The van der Waals surface area contributed by atoms with Crippen LogP contribution in [0.5, 0.6) is 0 Å². The van der Waals surface area contributed by atoms with Crippen LogP contribution in [0, 0.1) is 0 Å². The van der Waals surface area contributed by atoms with E-state index in [0.29, 0.717) is 5.92 Å². The quantitative estimate of drug-likeness (QED) is 0.692. The molecule has 0 N–H and O–H groups in total. The van der Waals surface area contributed by atoms with Crippen LogP contribution in [0.1, 0.15) is 37.3 Å². The van der Waals surface area contributed by atoms with E-state index in [2.05, 4.69) is 43.0 Å². The lowest BCUT2D eigenvalue weighted by Crippen LogP contribution is -2.34. The fourth-order valence-electron chi connectivity index (χ4n) is 3.25. The number of rotatable bonds is 1. The van der Waals surface area contributed by atoms with Crippen molar-refractivity contribution in [1.82, 2.24) is 4.90 Å². The van der Waals surface area contributed by atoms with Crippen molar-refractivity contribution in [2.75, 3.05) is 19.6 Å². The normalized spacial score (nSPS) is 24.5. The Morgan fingerprint density at radius 2 is 2.12 bits per heavy atom. The number of hydrogen-bond donors (Lipinski definition) is 0. The summed E-state index contributed by atoms with van der Waals surface area (Å²) in [4.78, 5) is 2.57. The topological polar surface area (TPSA) is 3.24 Å². The summed E-state index contributed by atoms with van der Waals surface area (Å²) in [5, 5.41) is 0. The molecule has 0 aromatic heterocycles. The lowest BCUT2D eigenvalue weighted by molar-refractivity contribution is 0.254. The Hall–Kier alpha value is -1.08. The number of fused-ring (bicyclic) bond motifs is 3. The van der Waals surface area contributed by atoms with Crippen LogP contribution >= 0.6 is 0 Å². The lowest BCUT2D eigenvalue weighted by atomic mass is 9.90. The molecule has 0 amide bonds. The monoisotopic (exact) mass is 213 g/mol. The SMILES string of the molecule is CCN1CCC2=C(C)c3ccccc3C2C1. The van der Waals surface area contributed by atoms with Crippen molar-refractivity contribution in [3.8, 4) is 0 Å². The average molecular weight is 213 g/mol. The van der Waals surface area contributed by atoms with Crippen molar-refractivity contribution in [1.29, 1.82) is 0 Å². The zero-order valence-corrected chi connectivity index (χ0v) is 10.2. The molecule has 1 fully saturated rings. The summed E-state index contributed by atoms with van der Waals surface area (Å²) in [5.74, 6) is 0.685. The average Bonchev–Trinajstić information content (AvgIpc) is 2.64. The molecule has 1 nitrogen and oxygen atoms in total. The van der Waals surface area contributed by atoms with Crippen LogP contribution in [0.25, 0.3) is 5.57 Å². The Labute approximate surface area is 97.8 Å². The third-order valence-corrected chi connectivity index (χ3v) is 4.23. The number of piperidine rings is 1. The molecule has 1 aromatic rings. The fraction of sp³-hybridized carbons (Fsp3) is 0.467. The van der Waals surface area contributed by atoms with Gasteiger partial charge in [0.2, 0.25) is 0 Å². The van der Waals surface area contributed by atoms with E-state index in [1.54, 1.807) is 16.7 Å². The van der Waals surface area contributed by atoms with Gasteiger partial charge in [0, 0.05) is 19.0 Å². The van der Waals surface area contributed by atoms with E-state index in [1.807, 2.05) is 0 Å². The molecule has 1 heterocycles. The van der Waals surface area contributed by atoms with Crippen LogP contribution in [0.15, 0.2) is 29.8 Å². The van der Waals surface area contributed by atoms with Gasteiger partial charge in [0.25, 0.3) is 0 Å². The van der Waals surface area contributed by atoms with Gasteiger partial charge in [0.1, 0.15) is 0 Å². The summed E-state index contributed by atoms with van der Waals surface area (Å²) in [6.45, 7) is 8.22. The maximum Gasteiger partial charge on any atom is 0.0188 e. The minimum atomic E-state index is 0.685. The maximum absolute atomic E-state index is 2.57. The minimum absolute atomic E-state index is 0.685. The summed E-state index contributed by atoms with van der Waals surface area (Å²) < 4.78 is 0. The number of nitrogens with zero attached hydrogens (tertiary/aromatic N) is 1. The van der Waals surface area contributed by atoms with Gasteiger partial charge in [-0.05, 0) is 36.6 Å². The molecule has 1 heteroatoms. The van der Waals surface area contributed by atoms with E-state index >= 15 is 0 Å². The summed E-state index contributed by atoms with van der Waals surface area (Å²) >= 11 is 0. The molecular weight excluding hydrogens is 194 g/mol. The predicted octanol–water partition coefficient (Wildman–Crippen LogP) is 3.28. The molecule has 1 atom stereocenters. The molecule has 3 rings (SSSR count). The molecule has 1 unspecified atom stereocenters. The highest BCUT2D eigenvalue weighted by Gasteiger charge is 2.32. The minimum Gasteiger partial charge on any atom is -0.302 e. The van der Waals surface area contributed by atoms with E-state index < -0.39 is 0 Å². The van der Waals surface area contributed by atoms with Crippen LogP contribution in [-0.4, -0.2) is 24.5 Å². The number of likely N-dealkylation sites (N-methyl/N-ethyl adjacent to an activating group) is 1. The Morgan fingerprint density at radius 1 is 1.31 bits per heavy atom. The molecule has 1 saturated heterocycles. The van der Waals surface area contributed by atoms with E-state index in [9.17, 15) is 0 Å². The highest BCUT2D eigenvalue weighted by atomic mass is 15.1. The van der Waals surface area contributed by atoms with Crippen LogP contribution < -0.4 is 0 Å². The third kappa shape index (κ3) is 1.35. The molecule has 0 bridgehead atoms. The first kappa shape index (κ1) is 10.1. The summed E-state index contributed by atoms with van der Waals surface area (Å²) in [5.41, 5.74) is 6.32. The van der Waals surface area contributed by atoms with Gasteiger partial charge in [-0.25, -0.2) is 0 Å². The first-order chi connectivity index (χ1) is 7.81. The highest BCUT2D eigenvalue weighted by Crippen LogP contribution is 2.45. The van der Waals surface area contributed by atoms with E-state index in [1.165, 1.54) is 31.6 Å². The van der Waals surface area contributed by atoms with Gasteiger partial charge in [-0.1, -0.05) is 36.8 Å². The van der Waals surface area contributed by atoms with Crippen molar-refractivity contribution in [2.24, 2.45) is 0 Å². The smallest absolute Gasteiger partial charge is 0.0188 e. The van der Waals surface area contributed by atoms with Gasteiger partial charge in [0.15, 0.2) is 0 Å². The summed E-state index contributed by atoms with van der Waals surface area (Å²) in [7, 11) is 0. The van der Waals surface area contributed by atoms with Gasteiger partial charge in [0.05, 0.1) is 0 Å². The van der Waals surface area contributed by atoms with E-state index in [-0.39, 0.29) is 0 Å². The summed E-state index contributed by atoms with van der Waals surface area (Å²) in [6.07, 6.45) is 1.26. The number of hydrogen-bond acceptors (Lipinski definition) is 1. The Bertz CT molecular complexity index is 445. The van der Waals surface area contributed by atoms with E-state index in [0.717, 1.165) is 0 Å². The first-order valence-electron chi connectivity index (χ1n) is 6.32. The highest BCUT2D eigenvalue weighted by molar-refractivity contribution is 5.77. The van der Waals surface area contributed by atoms with Crippen LogP contribution in [-0.2, 0) is 0 Å². The molecule has 84 valence electrons. The first-order valence-corrected chi connectivity index (χ1v) is 6.32. The van der Waals surface area contributed by atoms with Gasteiger partial charge in [-0.2, -0.15) is 0 Å². The zero-order valence-electron chi connectivity index (χ0n) is 10.2. The largest absolute Gasteiger partial charge is 0.302 e. The second-order valence-electron chi connectivity index (χ2n) is 4.93. The summed E-state index contributed by atoms with van der Waals surface area (Å²) in [6, 6.07) is 8.94.